The van der Waals surface area contributed by atoms with Gasteiger partial charge in [0.05, 0.1) is 0 Å². The lowest BCUT2D eigenvalue weighted by atomic mass is 10.5. The highest BCUT2D eigenvalue weighted by Crippen LogP contribution is 2.14. The third-order valence-corrected chi connectivity index (χ3v) is 0.850. The maximum absolute atomic E-state index is 2.00. The van der Waals surface area contributed by atoms with Gasteiger partial charge < -0.3 is 0 Å². The average molecular weight is 124 g/mol. The molecule has 1 aliphatic rings. The van der Waals surface area contributed by atoms with Crippen molar-refractivity contribution in [3.05, 3.63) is 24.3 Å². The third-order valence-electron chi connectivity index (χ3n) is 0.850. The maximum atomic E-state index is 2.00. The largest absolute Gasteiger partial charge is 0.0877 e. The molecule has 1 aliphatic carbocycles. The summed E-state index contributed by atoms with van der Waals surface area (Å²) >= 11 is 0. The Balaban J connectivity index is 0.000000173. The molecule has 0 nitrogen and oxygen atoms in total. The molecule has 0 radical (unpaired) electrons. The van der Waals surface area contributed by atoms with Crippen LogP contribution in [0.3, 0.4) is 0 Å². The molecule has 1 saturated carbocycles. The van der Waals surface area contributed by atoms with Crippen molar-refractivity contribution < 1.29 is 0 Å². The van der Waals surface area contributed by atoms with E-state index >= 15 is 0 Å². The first-order valence-corrected chi connectivity index (χ1v) is 3.65. The lowest BCUT2D eigenvalue weighted by Crippen LogP contribution is -1.40. The zero-order valence-electron chi connectivity index (χ0n) is 6.43. The van der Waals surface area contributed by atoms with Crippen molar-refractivity contribution in [1.82, 2.24) is 0 Å². The topological polar surface area (TPSA) is 0 Å². The Kier molecular flexibility index (Phi) is 7.05. The van der Waals surface area contributed by atoms with Crippen LogP contribution < -0.4 is 0 Å². The van der Waals surface area contributed by atoms with Crippen molar-refractivity contribution in [2.45, 2.75) is 33.1 Å². The summed E-state index contributed by atoms with van der Waals surface area (Å²) in [6, 6.07) is 0. The summed E-state index contributed by atoms with van der Waals surface area (Å²) in [6.45, 7) is 4.00. The van der Waals surface area contributed by atoms with Crippen LogP contribution in [0.15, 0.2) is 24.3 Å². The molecule has 0 aromatic rings. The van der Waals surface area contributed by atoms with Crippen molar-refractivity contribution in [3.63, 3.8) is 0 Å². The highest BCUT2D eigenvalue weighted by atomic mass is 14.0. The summed E-state index contributed by atoms with van der Waals surface area (Å²) in [4.78, 5) is 0. The Morgan fingerprint density at radius 3 is 1.22 bits per heavy atom. The van der Waals surface area contributed by atoms with E-state index in [9.17, 15) is 0 Å². The van der Waals surface area contributed by atoms with E-state index in [4.69, 9.17) is 0 Å². The van der Waals surface area contributed by atoms with Crippen LogP contribution in [0.5, 0.6) is 0 Å². The number of hydrogen-bond donors (Lipinski definition) is 0. The fourth-order valence-electron chi connectivity index (χ4n) is 0.222. The number of rotatable bonds is 1. The van der Waals surface area contributed by atoms with Gasteiger partial charge in [0.25, 0.3) is 0 Å². The summed E-state index contributed by atoms with van der Waals surface area (Å²) in [7, 11) is 0. The normalized spacial score (nSPS) is 15.8. The molecule has 0 aromatic carbocycles. The summed E-state index contributed by atoms with van der Waals surface area (Å²) < 4.78 is 0. The van der Waals surface area contributed by atoms with E-state index in [2.05, 4.69) is 0 Å². The summed E-state index contributed by atoms with van der Waals surface area (Å²) in [5, 5.41) is 0. The molecule has 0 aliphatic heterocycles. The quantitative estimate of drug-likeness (QED) is 0.470. The highest BCUT2D eigenvalue weighted by Gasteiger charge is 1.95. The van der Waals surface area contributed by atoms with Crippen LogP contribution >= 0.6 is 0 Å². The van der Waals surface area contributed by atoms with E-state index in [-0.39, 0.29) is 0 Å². The van der Waals surface area contributed by atoms with E-state index in [1.54, 1.807) is 0 Å². The highest BCUT2D eigenvalue weighted by molar-refractivity contribution is 4.98. The molecule has 1 fully saturated rings. The monoisotopic (exact) mass is 124 g/mol. The molecule has 0 N–H and O–H groups in total. The molecular formula is C9H16. The number of hydrogen-bond acceptors (Lipinski definition) is 0. The van der Waals surface area contributed by atoms with Crippen LogP contribution in [0.1, 0.15) is 33.1 Å². The SMILES string of the molecule is C/C=C\C=C/C.C1CC1. The van der Waals surface area contributed by atoms with Gasteiger partial charge >= 0.3 is 0 Å². The number of allylic oxidation sites excluding steroid dienone is 4. The van der Waals surface area contributed by atoms with Crippen molar-refractivity contribution in [1.29, 1.82) is 0 Å². The third kappa shape index (κ3) is 18.5. The summed E-state index contributed by atoms with van der Waals surface area (Å²) in [5.41, 5.74) is 0. The molecule has 0 unspecified atom stereocenters. The molecule has 0 saturated heterocycles. The zero-order valence-corrected chi connectivity index (χ0v) is 6.43. The van der Waals surface area contributed by atoms with Crippen molar-refractivity contribution in [2.75, 3.05) is 0 Å². The Morgan fingerprint density at radius 2 is 1.11 bits per heavy atom. The van der Waals surface area contributed by atoms with E-state index in [1.807, 2.05) is 38.2 Å². The van der Waals surface area contributed by atoms with Crippen molar-refractivity contribution in [3.8, 4) is 0 Å². The molecule has 0 spiro atoms. The molecule has 0 heterocycles. The fourth-order valence-corrected chi connectivity index (χ4v) is 0.222. The lowest BCUT2D eigenvalue weighted by Gasteiger charge is -1.62. The van der Waals surface area contributed by atoms with Gasteiger partial charge in [-0.1, -0.05) is 43.6 Å². The summed E-state index contributed by atoms with van der Waals surface area (Å²) in [6.07, 6.45) is 12.5. The molecule has 0 bridgehead atoms. The van der Waals surface area contributed by atoms with E-state index in [0.29, 0.717) is 0 Å². The van der Waals surface area contributed by atoms with Gasteiger partial charge in [0.2, 0.25) is 0 Å². The van der Waals surface area contributed by atoms with Gasteiger partial charge in [0.1, 0.15) is 0 Å². The maximum Gasteiger partial charge on any atom is -0.0467 e. The van der Waals surface area contributed by atoms with Crippen LogP contribution in [0.25, 0.3) is 0 Å². The van der Waals surface area contributed by atoms with E-state index in [1.165, 1.54) is 19.3 Å². The molecular weight excluding hydrogens is 108 g/mol. The second-order valence-corrected chi connectivity index (χ2v) is 2.11. The first-order valence-electron chi connectivity index (χ1n) is 3.65. The van der Waals surface area contributed by atoms with Crippen molar-refractivity contribution >= 4 is 0 Å². The van der Waals surface area contributed by atoms with Crippen LogP contribution in [-0.4, -0.2) is 0 Å². The minimum absolute atomic E-state index is 1.50. The Bertz CT molecular complexity index is 73.5. The minimum Gasteiger partial charge on any atom is -0.0877 e. The molecule has 0 amide bonds. The van der Waals surface area contributed by atoms with Crippen LogP contribution in [-0.2, 0) is 0 Å². The van der Waals surface area contributed by atoms with Gasteiger partial charge in [-0.05, 0) is 13.8 Å². The van der Waals surface area contributed by atoms with Gasteiger partial charge in [-0.2, -0.15) is 0 Å². The van der Waals surface area contributed by atoms with E-state index in [0.717, 1.165) is 0 Å². The van der Waals surface area contributed by atoms with Crippen LogP contribution in [0.2, 0.25) is 0 Å². The Morgan fingerprint density at radius 1 is 0.778 bits per heavy atom. The molecule has 1 rings (SSSR count). The standard InChI is InChI=1S/C6H10.C3H6/c1-3-5-6-4-2;1-2-3-1/h3-6H,1-2H3;1-3H2/b5-3-,6-4-;. The minimum atomic E-state index is 1.50. The molecule has 9 heavy (non-hydrogen) atoms. The first kappa shape index (κ1) is 8.48. The molecule has 0 atom stereocenters. The van der Waals surface area contributed by atoms with Gasteiger partial charge in [-0.15, -0.1) is 0 Å². The zero-order chi connectivity index (χ0) is 6.95. The van der Waals surface area contributed by atoms with Gasteiger partial charge in [0, 0.05) is 0 Å². The van der Waals surface area contributed by atoms with Crippen LogP contribution in [0.4, 0.5) is 0 Å². The smallest absolute Gasteiger partial charge is 0.0467 e. The predicted octanol–water partition coefficient (Wildman–Crippen LogP) is 3.31. The van der Waals surface area contributed by atoms with Gasteiger partial charge in [-0.3, -0.25) is 0 Å². The van der Waals surface area contributed by atoms with Gasteiger partial charge in [-0.25, -0.2) is 0 Å². The predicted molar refractivity (Wildman–Crippen MR) is 43.5 cm³/mol. The Hall–Kier alpha value is -0.520. The second-order valence-electron chi connectivity index (χ2n) is 2.11. The fraction of sp³-hybridized carbons (Fsp3) is 0.556. The van der Waals surface area contributed by atoms with Crippen LogP contribution in [0, 0.1) is 0 Å². The van der Waals surface area contributed by atoms with Gasteiger partial charge in [0.15, 0.2) is 0 Å². The summed E-state index contributed by atoms with van der Waals surface area (Å²) in [5.74, 6) is 0. The lowest BCUT2D eigenvalue weighted by molar-refractivity contribution is 1.50. The second kappa shape index (κ2) is 7.48. The Labute approximate surface area is 58.3 Å². The van der Waals surface area contributed by atoms with Crippen molar-refractivity contribution in [2.24, 2.45) is 0 Å². The molecule has 0 aromatic heterocycles. The van der Waals surface area contributed by atoms with E-state index < -0.39 is 0 Å². The molecule has 0 heteroatoms. The average Bonchev–Trinajstić information content (AvgIpc) is 2.67. The first-order chi connectivity index (χ1) is 4.41. The molecule has 52 valence electrons.